The average molecular weight is 213 g/mol. The Balaban J connectivity index is 2.00. The average Bonchev–Trinajstić information content (AvgIpc) is 2.56. The number of anilines is 1. The van der Waals surface area contributed by atoms with Crippen LogP contribution in [0.15, 0.2) is 24.3 Å². The Bertz CT molecular complexity index is 301. The van der Waals surface area contributed by atoms with Gasteiger partial charge in [0.15, 0.2) is 0 Å². The van der Waals surface area contributed by atoms with E-state index in [9.17, 15) is 0 Å². The number of rotatable bonds is 2. The van der Waals surface area contributed by atoms with E-state index in [4.69, 9.17) is 22.1 Å². The molecule has 3 N–H and O–H groups in total. The predicted octanol–water partition coefficient (Wildman–Crippen LogP) is 1.48. The molecular formula is C10H13ClN2O. The number of halogens is 1. The van der Waals surface area contributed by atoms with E-state index in [-0.39, 0.29) is 12.1 Å². The van der Waals surface area contributed by atoms with Crippen molar-refractivity contribution in [2.75, 3.05) is 18.5 Å². The van der Waals surface area contributed by atoms with E-state index in [1.807, 2.05) is 24.3 Å². The summed E-state index contributed by atoms with van der Waals surface area (Å²) in [5.41, 5.74) is 6.87. The first kappa shape index (κ1) is 9.77. The highest BCUT2D eigenvalue weighted by Gasteiger charge is 2.24. The summed E-state index contributed by atoms with van der Waals surface area (Å²) in [6.07, 6.45) is 0. The lowest BCUT2D eigenvalue weighted by Gasteiger charge is -2.16. The zero-order valence-electron chi connectivity index (χ0n) is 7.74. The molecule has 0 spiro atoms. The predicted molar refractivity (Wildman–Crippen MR) is 57.7 cm³/mol. The molecule has 0 radical (unpaired) electrons. The topological polar surface area (TPSA) is 47.3 Å². The third-order valence-corrected chi connectivity index (χ3v) is 2.57. The maximum absolute atomic E-state index is 5.84. The van der Waals surface area contributed by atoms with Crippen molar-refractivity contribution in [3.8, 4) is 0 Å². The second kappa shape index (κ2) is 4.17. The summed E-state index contributed by atoms with van der Waals surface area (Å²) < 4.78 is 5.25. The molecule has 0 amide bonds. The number of hydrogen-bond donors (Lipinski definition) is 2. The molecule has 2 atom stereocenters. The van der Waals surface area contributed by atoms with Crippen LogP contribution in [0.4, 0.5) is 5.69 Å². The van der Waals surface area contributed by atoms with Crippen molar-refractivity contribution >= 4 is 17.3 Å². The van der Waals surface area contributed by atoms with Crippen LogP contribution in [0.3, 0.4) is 0 Å². The molecule has 2 rings (SSSR count). The number of hydrogen-bond acceptors (Lipinski definition) is 3. The van der Waals surface area contributed by atoms with Gasteiger partial charge in [0.1, 0.15) is 0 Å². The molecule has 0 saturated carbocycles. The third kappa shape index (κ3) is 2.18. The van der Waals surface area contributed by atoms with Crippen LogP contribution >= 0.6 is 11.6 Å². The number of nitrogens with one attached hydrogen (secondary N) is 1. The van der Waals surface area contributed by atoms with Crippen molar-refractivity contribution in [1.29, 1.82) is 0 Å². The van der Waals surface area contributed by atoms with Gasteiger partial charge >= 0.3 is 0 Å². The summed E-state index contributed by atoms with van der Waals surface area (Å²) in [6, 6.07) is 7.86. The molecular weight excluding hydrogens is 200 g/mol. The number of benzene rings is 1. The van der Waals surface area contributed by atoms with Gasteiger partial charge in [-0.05, 0) is 24.3 Å². The molecule has 1 aromatic carbocycles. The van der Waals surface area contributed by atoms with Gasteiger partial charge in [-0.1, -0.05) is 11.6 Å². The lowest BCUT2D eigenvalue weighted by Crippen LogP contribution is -2.38. The maximum atomic E-state index is 5.84. The van der Waals surface area contributed by atoms with Crippen LogP contribution in [0.25, 0.3) is 0 Å². The van der Waals surface area contributed by atoms with Crippen molar-refractivity contribution in [1.82, 2.24) is 0 Å². The van der Waals surface area contributed by atoms with Crippen molar-refractivity contribution in [2.24, 2.45) is 5.73 Å². The summed E-state index contributed by atoms with van der Waals surface area (Å²) in [7, 11) is 0. The molecule has 1 aliphatic rings. The van der Waals surface area contributed by atoms with Gasteiger partial charge in [0.05, 0.1) is 25.3 Å². The van der Waals surface area contributed by atoms with Crippen LogP contribution in [0, 0.1) is 0 Å². The van der Waals surface area contributed by atoms with Crippen LogP contribution in [-0.4, -0.2) is 25.3 Å². The van der Waals surface area contributed by atoms with Gasteiger partial charge < -0.3 is 15.8 Å². The Hall–Kier alpha value is -0.770. The van der Waals surface area contributed by atoms with Crippen molar-refractivity contribution in [2.45, 2.75) is 12.1 Å². The Kier molecular flexibility index (Phi) is 2.91. The fourth-order valence-electron chi connectivity index (χ4n) is 1.48. The summed E-state index contributed by atoms with van der Waals surface area (Å²) in [5.74, 6) is 0. The van der Waals surface area contributed by atoms with E-state index < -0.39 is 0 Å². The largest absolute Gasteiger partial charge is 0.378 e. The van der Waals surface area contributed by atoms with Crippen LogP contribution < -0.4 is 11.1 Å². The highest BCUT2D eigenvalue weighted by atomic mass is 35.5. The van der Waals surface area contributed by atoms with Gasteiger partial charge in [0.25, 0.3) is 0 Å². The quantitative estimate of drug-likeness (QED) is 0.781. The molecule has 0 aliphatic carbocycles. The van der Waals surface area contributed by atoms with E-state index in [2.05, 4.69) is 5.32 Å². The fourth-order valence-corrected chi connectivity index (χ4v) is 1.61. The molecule has 1 aromatic rings. The molecule has 0 unspecified atom stereocenters. The minimum atomic E-state index is 0.0747. The van der Waals surface area contributed by atoms with E-state index in [1.165, 1.54) is 0 Å². The van der Waals surface area contributed by atoms with Gasteiger partial charge in [0.2, 0.25) is 0 Å². The third-order valence-electron chi connectivity index (χ3n) is 2.32. The standard InChI is InChI=1S/C10H13ClN2O/c11-7-1-3-8(4-2-7)13-10-6-14-5-9(10)12/h1-4,9-10,13H,5-6,12H2/t9-,10-/m1/s1. The van der Waals surface area contributed by atoms with E-state index in [0.29, 0.717) is 13.2 Å². The van der Waals surface area contributed by atoms with Gasteiger partial charge in [-0.15, -0.1) is 0 Å². The zero-order valence-corrected chi connectivity index (χ0v) is 8.50. The molecule has 4 heteroatoms. The highest BCUT2D eigenvalue weighted by Crippen LogP contribution is 2.16. The van der Waals surface area contributed by atoms with Crippen LogP contribution in [0.5, 0.6) is 0 Å². The summed E-state index contributed by atoms with van der Waals surface area (Å²) in [6.45, 7) is 1.30. The van der Waals surface area contributed by atoms with Crippen LogP contribution in [0.2, 0.25) is 5.02 Å². The second-order valence-electron chi connectivity index (χ2n) is 3.46. The number of ether oxygens (including phenoxy) is 1. The molecule has 1 heterocycles. The molecule has 3 nitrogen and oxygen atoms in total. The first-order chi connectivity index (χ1) is 6.75. The van der Waals surface area contributed by atoms with Gasteiger partial charge in [0, 0.05) is 10.7 Å². The Morgan fingerprint density at radius 1 is 1.29 bits per heavy atom. The molecule has 14 heavy (non-hydrogen) atoms. The fraction of sp³-hybridized carbons (Fsp3) is 0.400. The summed E-state index contributed by atoms with van der Waals surface area (Å²) in [4.78, 5) is 0. The second-order valence-corrected chi connectivity index (χ2v) is 3.90. The molecule has 1 aliphatic heterocycles. The first-order valence-corrected chi connectivity index (χ1v) is 4.99. The SMILES string of the molecule is N[C@@H]1COC[C@H]1Nc1ccc(Cl)cc1. The molecule has 1 fully saturated rings. The zero-order chi connectivity index (χ0) is 9.97. The molecule has 76 valence electrons. The Morgan fingerprint density at radius 2 is 2.00 bits per heavy atom. The molecule has 0 bridgehead atoms. The number of nitrogens with two attached hydrogens (primary N) is 1. The van der Waals surface area contributed by atoms with Gasteiger partial charge in [-0.3, -0.25) is 0 Å². The van der Waals surface area contributed by atoms with E-state index in [1.54, 1.807) is 0 Å². The van der Waals surface area contributed by atoms with Crippen LogP contribution in [-0.2, 0) is 4.74 Å². The molecule has 1 saturated heterocycles. The van der Waals surface area contributed by atoms with Crippen molar-refractivity contribution in [3.63, 3.8) is 0 Å². The van der Waals surface area contributed by atoms with Crippen molar-refractivity contribution in [3.05, 3.63) is 29.3 Å². The smallest absolute Gasteiger partial charge is 0.0684 e. The minimum absolute atomic E-state index is 0.0747. The lowest BCUT2D eigenvalue weighted by atomic mass is 10.2. The summed E-state index contributed by atoms with van der Waals surface area (Å²) in [5, 5.41) is 4.05. The highest BCUT2D eigenvalue weighted by molar-refractivity contribution is 6.30. The minimum Gasteiger partial charge on any atom is -0.378 e. The molecule has 0 aromatic heterocycles. The van der Waals surface area contributed by atoms with Gasteiger partial charge in [-0.2, -0.15) is 0 Å². The lowest BCUT2D eigenvalue weighted by molar-refractivity contribution is 0.192. The Morgan fingerprint density at radius 3 is 2.57 bits per heavy atom. The first-order valence-electron chi connectivity index (χ1n) is 4.61. The van der Waals surface area contributed by atoms with Gasteiger partial charge in [-0.25, -0.2) is 0 Å². The Labute approximate surface area is 88.2 Å². The van der Waals surface area contributed by atoms with Crippen molar-refractivity contribution < 1.29 is 4.74 Å². The van der Waals surface area contributed by atoms with E-state index >= 15 is 0 Å². The summed E-state index contributed by atoms with van der Waals surface area (Å²) >= 11 is 5.78. The van der Waals surface area contributed by atoms with Crippen LogP contribution in [0.1, 0.15) is 0 Å². The maximum Gasteiger partial charge on any atom is 0.0684 e. The normalized spacial score (nSPS) is 26.4. The van der Waals surface area contributed by atoms with E-state index in [0.717, 1.165) is 10.7 Å². The monoisotopic (exact) mass is 212 g/mol.